The van der Waals surface area contributed by atoms with Crippen LogP contribution in [0.1, 0.15) is 56.2 Å². The molecule has 0 amide bonds. The third-order valence-electron chi connectivity index (χ3n) is 7.21. The van der Waals surface area contributed by atoms with Crippen LogP contribution in [0.3, 0.4) is 0 Å². The highest BCUT2D eigenvalue weighted by atomic mass is 32.1. The summed E-state index contributed by atoms with van der Waals surface area (Å²) in [5, 5.41) is 5.54. The highest BCUT2D eigenvalue weighted by molar-refractivity contribution is 7.21. The second-order valence-corrected chi connectivity index (χ2v) is 10.3. The number of hydrogen-bond acceptors (Lipinski definition) is 6. The van der Waals surface area contributed by atoms with Gasteiger partial charge in [0.05, 0.1) is 5.69 Å². The number of rotatable bonds is 5. The van der Waals surface area contributed by atoms with Crippen molar-refractivity contribution in [3.8, 4) is 11.3 Å². The predicted octanol–water partition coefficient (Wildman–Crippen LogP) is 4.99. The number of anilines is 1. The molecule has 1 N–H and O–H groups in total. The minimum absolute atomic E-state index is 0.365. The van der Waals surface area contributed by atoms with Crippen LogP contribution in [0.15, 0.2) is 12.5 Å². The van der Waals surface area contributed by atoms with Crippen LogP contribution in [0, 0.1) is 13.8 Å². The van der Waals surface area contributed by atoms with E-state index in [0.29, 0.717) is 12.0 Å². The van der Waals surface area contributed by atoms with Gasteiger partial charge in [0, 0.05) is 36.5 Å². The van der Waals surface area contributed by atoms with Crippen molar-refractivity contribution in [3.63, 3.8) is 0 Å². The molecule has 0 radical (unpaired) electrons. The predicted molar refractivity (Wildman–Crippen MR) is 133 cm³/mol. The van der Waals surface area contributed by atoms with Gasteiger partial charge in [-0.1, -0.05) is 32.1 Å². The molecule has 5 rings (SSSR count). The molecule has 0 bridgehead atoms. The van der Waals surface area contributed by atoms with Gasteiger partial charge in [-0.2, -0.15) is 5.10 Å². The topological polar surface area (TPSA) is 65.3 Å². The van der Waals surface area contributed by atoms with Crippen molar-refractivity contribution in [2.75, 3.05) is 31.6 Å². The number of thiazole rings is 1. The Kier molecular flexibility index (Phi) is 5.45. The lowest BCUT2D eigenvalue weighted by atomic mass is 9.96. The number of hydrogen-bond donors (Lipinski definition) is 1. The average molecular weight is 452 g/mol. The molecule has 4 aromatic rings. The van der Waals surface area contributed by atoms with E-state index in [9.17, 15) is 0 Å². The molecule has 170 valence electrons. The normalized spacial score (nSPS) is 15.8. The minimum Gasteiger partial charge on any atom is -0.348 e. The Bertz CT molecular complexity index is 1260. The lowest BCUT2D eigenvalue weighted by Gasteiger charge is -2.36. The second-order valence-electron chi connectivity index (χ2n) is 9.35. The van der Waals surface area contributed by atoms with Gasteiger partial charge in [0.25, 0.3) is 0 Å². The zero-order chi connectivity index (χ0) is 22.6. The van der Waals surface area contributed by atoms with E-state index in [-0.39, 0.29) is 0 Å². The van der Waals surface area contributed by atoms with Crippen molar-refractivity contribution in [1.82, 2.24) is 29.5 Å². The maximum Gasteiger partial charge on any atom is 0.187 e. The van der Waals surface area contributed by atoms with E-state index in [2.05, 4.69) is 72.7 Å². The van der Waals surface area contributed by atoms with Crippen LogP contribution < -0.4 is 4.90 Å². The number of aryl methyl sites for hydroxylation is 1. The molecule has 0 aliphatic carbocycles. The molecule has 8 heteroatoms. The zero-order valence-electron chi connectivity index (χ0n) is 19.9. The molecular formula is C24H33N7S. The quantitative estimate of drug-likeness (QED) is 0.463. The van der Waals surface area contributed by atoms with Crippen LogP contribution in [0.2, 0.25) is 0 Å². The number of nitrogens with zero attached hydrogens (tertiary/aromatic N) is 6. The van der Waals surface area contributed by atoms with E-state index in [1.807, 2.05) is 4.52 Å². The summed E-state index contributed by atoms with van der Waals surface area (Å²) in [6, 6.07) is 0.692. The molecule has 0 atom stereocenters. The molecule has 4 aromatic heterocycles. The fourth-order valence-electron chi connectivity index (χ4n) is 5.00. The lowest BCUT2D eigenvalue weighted by molar-refractivity contribution is 0.217. The van der Waals surface area contributed by atoms with Gasteiger partial charge in [0.15, 0.2) is 10.8 Å². The summed E-state index contributed by atoms with van der Waals surface area (Å²) in [7, 11) is 2.24. The van der Waals surface area contributed by atoms with Crippen molar-refractivity contribution >= 4 is 32.5 Å². The van der Waals surface area contributed by atoms with E-state index in [1.54, 1.807) is 17.7 Å². The number of pyridine rings is 1. The smallest absolute Gasteiger partial charge is 0.187 e. The SMILES string of the molecule is CCN(C)C1CCN(c2nc3c(C(C)C)c(-c4cn5ncnc5c(C)c4C)[nH]c3s2)CC1. The molecule has 1 aliphatic heterocycles. The molecule has 0 saturated carbocycles. The Labute approximate surface area is 193 Å². The first-order chi connectivity index (χ1) is 15.4. The summed E-state index contributed by atoms with van der Waals surface area (Å²) in [5.41, 5.74) is 8.10. The van der Waals surface area contributed by atoms with E-state index in [4.69, 9.17) is 4.98 Å². The van der Waals surface area contributed by atoms with Crippen LogP contribution in [0.5, 0.6) is 0 Å². The standard InChI is InChI=1S/C24H33N7S/c1-7-29(6)17-8-10-30(11-9-17)24-28-21-19(14(2)3)20(27-23(21)32-24)18-12-31-22(25-13-26-31)16(5)15(18)4/h12-14,17,27H,7-11H2,1-6H3. The molecule has 0 unspecified atom stereocenters. The van der Waals surface area contributed by atoms with Gasteiger partial charge >= 0.3 is 0 Å². The largest absolute Gasteiger partial charge is 0.348 e. The molecule has 0 spiro atoms. The lowest BCUT2D eigenvalue weighted by Crippen LogP contribution is -2.43. The summed E-state index contributed by atoms with van der Waals surface area (Å²) < 4.78 is 1.88. The number of aromatic amines is 1. The van der Waals surface area contributed by atoms with Crippen LogP contribution in [-0.2, 0) is 0 Å². The number of fused-ring (bicyclic) bond motifs is 2. The van der Waals surface area contributed by atoms with Crippen LogP contribution in [0.4, 0.5) is 5.13 Å². The van der Waals surface area contributed by atoms with Crippen molar-refractivity contribution in [1.29, 1.82) is 0 Å². The maximum atomic E-state index is 5.16. The first-order valence-corrected chi connectivity index (χ1v) is 12.5. The van der Waals surface area contributed by atoms with Crippen LogP contribution in [-0.4, -0.2) is 62.2 Å². The Morgan fingerprint density at radius 2 is 1.97 bits per heavy atom. The highest BCUT2D eigenvalue weighted by Crippen LogP contribution is 2.41. The van der Waals surface area contributed by atoms with Gasteiger partial charge in [-0.15, -0.1) is 0 Å². The highest BCUT2D eigenvalue weighted by Gasteiger charge is 2.27. The van der Waals surface area contributed by atoms with Crippen molar-refractivity contribution in [3.05, 3.63) is 29.2 Å². The van der Waals surface area contributed by atoms with E-state index in [0.717, 1.165) is 35.9 Å². The van der Waals surface area contributed by atoms with Gasteiger partial charge in [-0.05, 0) is 57.3 Å². The molecule has 0 aromatic carbocycles. The average Bonchev–Trinajstić information content (AvgIpc) is 3.49. The van der Waals surface area contributed by atoms with Gasteiger partial charge in [-0.3, -0.25) is 0 Å². The Balaban J connectivity index is 1.53. The summed E-state index contributed by atoms with van der Waals surface area (Å²) in [4.78, 5) is 19.4. The van der Waals surface area contributed by atoms with Crippen LogP contribution in [0.25, 0.3) is 27.3 Å². The van der Waals surface area contributed by atoms with Gasteiger partial charge in [0.2, 0.25) is 0 Å². The monoisotopic (exact) mass is 451 g/mol. The third kappa shape index (κ3) is 3.40. The third-order valence-corrected chi connectivity index (χ3v) is 8.24. The Morgan fingerprint density at radius 3 is 2.66 bits per heavy atom. The summed E-state index contributed by atoms with van der Waals surface area (Å²) in [5.74, 6) is 0.365. The number of H-pyrrole nitrogens is 1. The molecule has 1 saturated heterocycles. The fraction of sp³-hybridized carbons (Fsp3) is 0.542. The summed E-state index contributed by atoms with van der Waals surface area (Å²) >= 11 is 1.79. The molecule has 7 nitrogen and oxygen atoms in total. The van der Waals surface area contributed by atoms with Crippen molar-refractivity contribution in [2.24, 2.45) is 0 Å². The zero-order valence-corrected chi connectivity index (χ0v) is 20.8. The molecular weight excluding hydrogens is 418 g/mol. The maximum absolute atomic E-state index is 5.16. The fourth-order valence-corrected chi connectivity index (χ4v) is 6.03. The molecule has 5 heterocycles. The van der Waals surface area contributed by atoms with E-state index in [1.165, 1.54) is 45.6 Å². The Morgan fingerprint density at radius 1 is 1.22 bits per heavy atom. The second kappa shape index (κ2) is 8.15. The number of nitrogens with one attached hydrogen (secondary N) is 1. The molecule has 1 aliphatic rings. The first-order valence-electron chi connectivity index (χ1n) is 11.7. The number of piperidine rings is 1. The molecule has 32 heavy (non-hydrogen) atoms. The summed E-state index contributed by atoms with van der Waals surface area (Å²) in [6.07, 6.45) is 6.13. The van der Waals surface area contributed by atoms with E-state index >= 15 is 0 Å². The van der Waals surface area contributed by atoms with Crippen molar-refractivity contribution in [2.45, 2.75) is 59.4 Å². The van der Waals surface area contributed by atoms with Crippen LogP contribution >= 0.6 is 11.3 Å². The van der Waals surface area contributed by atoms with Gasteiger partial charge in [0.1, 0.15) is 16.7 Å². The van der Waals surface area contributed by atoms with Gasteiger partial charge < -0.3 is 14.8 Å². The minimum atomic E-state index is 0.365. The Hall–Kier alpha value is -2.45. The number of aromatic nitrogens is 5. The molecule has 1 fully saturated rings. The first kappa shape index (κ1) is 21.4. The summed E-state index contributed by atoms with van der Waals surface area (Å²) in [6.45, 7) is 14.3. The van der Waals surface area contributed by atoms with Crippen molar-refractivity contribution < 1.29 is 0 Å². The van der Waals surface area contributed by atoms with E-state index < -0.39 is 0 Å². The van der Waals surface area contributed by atoms with Gasteiger partial charge in [-0.25, -0.2) is 14.5 Å².